The number of anilines is 1. The number of thiazole rings is 1. The molecule has 0 aliphatic heterocycles. The first-order chi connectivity index (χ1) is 13.0. The molecule has 144 valence electrons. The lowest BCUT2D eigenvalue weighted by atomic mass is 9.97. The fraction of sp³-hybridized carbons (Fsp3) is 0.450. The van der Waals surface area contributed by atoms with Crippen molar-refractivity contribution in [2.45, 2.75) is 45.6 Å². The van der Waals surface area contributed by atoms with Crippen molar-refractivity contribution in [2.24, 2.45) is 5.92 Å². The number of ether oxygens (including phenoxy) is 1. The van der Waals surface area contributed by atoms with Gasteiger partial charge < -0.3 is 15.4 Å². The van der Waals surface area contributed by atoms with E-state index in [1.807, 2.05) is 30.5 Å². The van der Waals surface area contributed by atoms with Crippen LogP contribution >= 0.6 is 11.3 Å². The summed E-state index contributed by atoms with van der Waals surface area (Å²) in [6.45, 7) is 3.46. The van der Waals surface area contributed by atoms with Gasteiger partial charge in [0.25, 0.3) is 0 Å². The number of nitrogens with zero attached hydrogens (tertiary/aromatic N) is 1. The molecule has 1 aromatic heterocycles. The fourth-order valence-corrected chi connectivity index (χ4v) is 4.28. The zero-order valence-corrected chi connectivity index (χ0v) is 16.7. The van der Waals surface area contributed by atoms with Crippen LogP contribution in [0.25, 0.3) is 11.3 Å². The third-order valence-corrected chi connectivity index (χ3v) is 5.64. The standard InChI is InChI=1S/C20H25N3O3S/c1-12-8-9-17(26-3)15(10-12)16-11-27-20(22-16)23-19(25)18(21-13(2)24)14-6-4-5-7-14/h8-11,14,18H,4-7H2,1-3H3,(H,21,24)(H,22,23,25). The predicted octanol–water partition coefficient (Wildman–Crippen LogP) is 3.76. The van der Waals surface area contributed by atoms with Gasteiger partial charge in [0.2, 0.25) is 11.8 Å². The Hall–Kier alpha value is -2.41. The molecule has 2 amide bonds. The van der Waals surface area contributed by atoms with Crippen LogP contribution in [0.15, 0.2) is 23.6 Å². The minimum absolute atomic E-state index is 0.185. The number of rotatable bonds is 6. The van der Waals surface area contributed by atoms with Crippen LogP contribution in [-0.2, 0) is 9.59 Å². The number of aromatic nitrogens is 1. The lowest BCUT2D eigenvalue weighted by Crippen LogP contribution is -2.47. The van der Waals surface area contributed by atoms with Crippen LogP contribution in [0.5, 0.6) is 5.75 Å². The first kappa shape index (κ1) is 19.4. The summed E-state index contributed by atoms with van der Waals surface area (Å²) in [6.07, 6.45) is 4.12. The van der Waals surface area contributed by atoms with E-state index in [-0.39, 0.29) is 17.7 Å². The third kappa shape index (κ3) is 4.66. The predicted molar refractivity (Wildman–Crippen MR) is 107 cm³/mol. The van der Waals surface area contributed by atoms with E-state index in [9.17, 15) is 9.59 Å². The zero-order valence-electron chi connectivity index (χ0n) is 15.9. The molecule has 6 nitrogen and oxygen atoms in total. The smallest absolute Gasteiger partial charge is 0.249 e. The first-order valence-electron chi connectivity index (χ1n) is 9.16. The molecule has 2 aromatic rings. The lowest BCUT2D eigenvalue weighted by Gasteiger charge is -2.22. The SMILES string of the molecule is COc1ccc(C)cc1-c1csc(NC(=O)C(NC(C)=O)C2CCCC2)n1. The fourth-order valence-electron chi connectivity index (χ4n) is 3.57. The Bertz CT molecular complexity index is 828. The van der Waals surface area contributed by atoms with Crippen molar-refractivity contribution in [1.29, 1.82) is 0 Å². The van der Waals surface area contributed by atoms with Crippen molar-refractivity contribution in [3.8, 4) is 17.0 Å². The zero-order chi connectivity index (χ0) is 19.4. The molecule has 3 rings (SSSR count). The molecule has 1 atom stereocenters. The Kier molecular flexibility index (Phi) is 6.11. The summed E-state index contributed by atoms with van der Waals surface area (Å²) < 4.78 is 5.42. The van der Waals surface area contributed by atoms with E-state index in [2.05, 4.69) is 15.6 Å². The maximum absolute atomic E-state index is 12.8. The molecule has 7 heteroatoms. The van der Waals surface area contributed by atoms with E-state index >= 15 is 0 Å². The minimum atomic E-state index is -0.508. The van der Waals surface area contributed by atoms with Crippen molar-refractivity contribution in [3.05, 3.63) is 29.1 Å². The Morgan fingerprint density at radius 3 is 2.70 bits per heavy atom. The van der Waals surface area contributed by atoms with Gasteiger partial charge in [-0.25, -0.2) is 4.98 Å². The number of aryl methyl sites for hydroxylation is 1. The summed E-state index contributed by atoms with van der Waals surface area (Å²) in [5, 5.41) is 8.11. The van der Waals surface area contributed by atoms with Crippen LogP contribution in [0.4, 0.5) is 5.13 Å². The highest BCUT2D eigenvalue weighted by molar-refractivity contribution is 7.14. The molecular formula is C20H25N3O3S. The summed E-state index contributed by atoms with van der Waals surface area (Å²) in [5.41, 5.74) is 2.76. The van der Waals surface area contributed by atoms with Gasteiger partial charge in [-0.15, -0.1) is 11.3 Å². The lowest BCUT2D eigenvalue weighted by molar-refractivity contribution is -0.126. The molecule has 1 unspecified atom stereocenters. The van der Waals surface area contributed by atoms with Crippen molar-refractivity contribution in [1.82, 2.24) is 10.3 Å². The van der Waals surface area contributed by atoms with E-state index < -0.39 is 6.04 Å². The van der Waals surface area contributed by atoms with Gasteiger partial charge in [0.05, 0.1) is 12.8 Å². The van der Waals surface area contributed by atoms with Gasteiger partial charge in [0.1, 0.15) is 11.8 Å². The molecule has 2 N–H and O–H groups in total. The van der Waals surface area contributed by atoms with Crippen molar-refractivity contribution in [2.75, 3.05) is 12.4 Å². The molecule has 27 heavy (non-hydrogen) atoms. The van der Waals surface area contributed by atoms with Crippen molar-refractivity contribution < 1.29 is 14.3 Å². The molecule has 1 heterocycles. The van der Waals surface area contributed by atoms with Gasteiger partial charge in [0.15, 0.2) is 5.13 Å². The van der Waals surface area contributed by atoms with Crippen LogP contribution in [0.3, 0.4) is 0 Å². The summed E-state index contributed by atoms with van der Waals surface area (Å²) in [7, 11) is 1.63. The number of methoxy groups -OCH3 is 1. The Morgan fingerprint density at radius 2 is 2.04 bits per heavy atom. The summed E-state index contributed by atoms with van der Waals surface area (Å²) in [6, 6.07) is 5.40. The van der Waals surface area contributed by atoms with Gasteiger partial charge in [-0.05, 0) is 37.8 Å². The largest absolute Gasteiger partial charge is 0.496 e. The van der Waals surface area contributed by atoms with E-state index in [1.165, 1.54) is 18.3 Å². The van der Waals surface area contributed by atoms with Crippen molar-refractivity contribution in [3.63, 3.8) is 0 Å². The van der Waals surface area contributed by atoms with E-state index in [1.54, 1.807) is 7.11 Å². The van der Waals surface area contributed by atoms with Crippen LogP contribution in [0, 0.1) is 12.8 Å². The number of benzene rings is 1. The van der Waals surface area contributed by atoms with E-state index in [0.29, 0.717) is 5.13 Å². The molecule has 1 aromatic carbocycles. The van der Waals surface area contributed by atoms with Crippen molar-refractivity contribution >= 4 is 28.3 Å². The molecule has 0 radical (unpaired) electrons. The normalized spacial score (nSPS) is 15.4. The molecule has 0 bridgehead atoms. The van der Waals surface area contributed by atoms with Crippen LogP contribution < -0.4 is 15.4 Å². The van der Waals surface area contributed by atoms with Gasteiger partial charge in [0, 0.05) is 17.9 Å². The van der Waals surface area contributed by atoms with Gasteiger partial charge in [-0.2, -0.15) is 0 Å². The highest BCUT2D eigenvalue weighted by Crippen LogP contribution is 2.33. The number of carbonyl (C=O) groups excluding carboxylic acids is 2. The maximum Gasteiger partial charge on any atom is 0.249 e. The van der Waals surface area contributed by atoms with Gasteiger partial charge in [-0.1, -0.05) is 24.5 Å². The highest BCUT2D eigenvalue weighted by Gasteiger charge is 2.31. The number of hydrogen-bond acceptors (Lipinski definition) is 5. The number of hydrogen-bond donors (Lipinski definition) is 2. The summed E-state index contributed by atoms with van der Waals surface area (Å²) >= 11 is 1.37. The molecule has 1 aliphatic rings. The second-order valence-corrected chi connectivity index (χ2v) is 7.81. The summed E-state index contributed by atoms with van der Waals surface area (Å²) in [4.78, 5) is 28.9. The number of carbonyl (C=O) groups is 2. The third-order valence-electron chi connectivity index (χ3n) is 4.88. The monoisotopic (exact) mass is 387 g/mol. The van der Waals surface area contributed by atoms with Crippen LogP contribution in [0.1, 0.15) is 38.2 Å². The highest BCUT2D eigenvalue weighted by atomic mass is 32.1. The first-order valence-corrected chi connectivity index (χ1v) is 10.0. The number of amides is 2. The van der Waals surface area contributed by atoms with Crippen LogP contribution in [0.2, 0.25) is 0 Å². The minimum Gasteiger partial charge on any atom is -0.496 e. The molecular weight excluding hydrogens is 362 g/mol. The van der Waals surface area contributed by atoms with E-state index in [0.717, 1.165) is 48.3 Å². The Morgan fingerprint density at radius 1 is 1.30 bits per heavy atom. The second kappa shape index (κ2) is 8.52. The molecule has 1 saturated carbocycles. The summed E-state index contributed by atoms with van der Waals surface area (Å²) in [5.74, 6) is 0.539. The average Bonchev–Trinajstić information content (AvgIpc) is 3.31. The Labute approximate surface area is 163 Å². The van der Waals surface area contributed by atoms with E-state index in [4.69, 9.17) is 4.74 Å². The van der Waals surface area contributed by atoms with Crippen LogP contribution in [-0.4, -0.2) is 29.9 Å². The maximum atomic E-state index is 12.8. The second-order valence-electron chi connectivity index (χ2n) is 6.95. The Balaban J connectivity index is 1.77. The average molecular weight is 388 g/mol. The quantitative estimate of drug-likeness (QED) is 0.791. The molecule has 1 fully saturated rings. The van der Waals surface area contributed by atoms with Gasteiger partial charge >= 0.3 is 0 Å². The number of nitrogens with one attached hydrogen (secondary N) is 2. The molecule has 0 spiro atoms. The van der Waals surface area contributed by atoms with Gasteiger partial charge in [-0.3, -0.25) is 9.59 Å². The molecule has 1 aliphatic carbocycles. The molecule has 0 saturated heterocycles. The topological polar surface area (TPSA) is 80.3 Å².